The minimum atomic E-state index is -1.74. The minimum Gasteiger partial charge on any atom is -0.393 e. The van der Waals surface area contributed by atoms with Crippen molar-refractivity contribution in [2.24, 2.45) is 40.5 Å². The number of hydrogen-bond acceptors (Lipinski definition) is 16. The summed E-state index contributed by atoms with van der Waals surface area (Å²) in [6.07, 6.45) is 6.50. The number of likely N-dealkylation sites (tertiary alicyclic amines) is 1. The van der Waals surface area contributed by atoms with Crippen molar-refractivity contribution >= 4 is 86.6 Å². The van der Waals surface area contributed by atoms with Gasteiger partial charge >= 0.3 is 0 Å². The first-order valence-corrected chi connectivity index (χ1v) is 27.9. The molecule has 2 saturated carbocycles. The van der Waals surface area contributed by atoms with E-state index >= 15 is 0 Å². The Morgan fingerprint density at radius 1 is 0.658 bits per heavy atom. The number of unbranched alkanes of at least 4 members (excludes halogenated alkanes) is 1. The zero-order chi connectivity index (χ0) is 53.6. The predicted molar refractivity (Wildman–Crippen MR) is 270 cm³/mol. The molecule has 4 rings (SSSR count). The molecule has 0 spiro atoms. The summed E-state index contributed by atoms with van der Waals surface area (Å²) in [5.41, 5.74) is 28.3. The molecule has 0 aromatic rings. The first kappa shape index (κ1) is 60.3. The van der Waals surface area contributed by atoms with Crippen molar-refractivity contribution in [3.8, 4) is 0 Å². The van der Waals surface area contributed by atoms with Crippen LogP contribution in [0.4, 0.5) is 0 Å². The number of aliphatic hydroxyl groups excluding tert-OH is 1. The molecule has 2 aliphatic carbocycles. The molecule has 18 N–H and O–H groups in total. The maximum Gasteiger partial charge on any atom is 0.246 e. The molecule has 0 radical (unpaired) electrons. The van der Waals surface area contributed by atoms with Crippen LogP contribution in [0.5, 0.6) is 0 Å². The second-order valence-corrected chi connectivity index (χ2v) is 22.1. The summed E-state index contributed by atoms with van der Waals surface area (Å²) < 4.78 is 0. The monoisotopic (exact) mass is 1070 g/mol. The van der Waals surface area contributed by atoms with E-state index < -0.39 is 139 Å². The van der Waals surface area contributed by atoms with Crippen molar-refractivity contribution in [1.82, 2.24) is 42.1 Å². The summed E-state index contributed by atoms with van der Waals surface area (Å²) in [6.45, 7) is -0.104. The number of primary amides is 3. The molecule has 4 aliphatic rings. The summed E-state index contributed by atoms with van der Waals surface area (Å²) in [4.78, 5) is 150. The van der Waals surface area contributed by atoms with Gasteiger partial charge in [-0.1, -0.05) is 53.7 Å². The lowest BCUT2D eigenvalue weighted by atomic mass is 9.83. The molecule has 2 heterocycles. The number of nitrogens with zero attached hydrogens (tertiary/aromatic N) is 1. The molecule has 0 aromatic carbocycles. The topological polar surface area (TPSA) is 426 Å². The lowest BCUT2D eigenvalue weighted by Crippen LogP contribution is -2.61. The molecular formula is C46H77N13O12S2. The highest BCUT2D eigenvalue weighted by Gasteiger charge is 2.41. The van der Waals surface area contributed by atoms with E-state index in [1.54, 1.807) is 0 Å². The van der Waals surface area contributed by atoms with Gasteiger partial charge in [-0.15, -0.1) is 0 Å². The maximum atomic E-state index is 14.6. The van der Waals surface area contributed by atoms with E-state index in [-0.39, 0.29) is 62.0 Å². The van der Waals surface area contributed by atoms with Crippen molar-refractivity contribution in [3.63, 3.8) is 0 Å². The second kappa shape index (κ2) is 30.8. The highest BCUT2D eigenvalue weighted by Crippen LogP contribution is 2.30. The highest BCUT2D eigenvalue weighted by atomic mass is 33.1. The average molecular weight is 1070 g/mol. The van der Waals surface area contributed by atoms with E-state index in [4.69, 9.17) is 28.7 Å². The number of hydrogen-bond donors (Lipinski definition) is 13. The molecule has 25 nitrogen and oxygen atoms in total. The minimum absolute atomic E-state index is 0.0120. The molecule has 8 unspecified atom stereocenters. The molecule has 73 heavy (non-hydrogen) atoms. The number of carbonyl (C=O) groups is 11. The third-order valence-corrected chi connectivity index (χ3v) is 16.1. The normalized spacial score (nSPS) is 28.0. The molecule has 4 fully saturated rings. The molecule has 2 saturated heterocycles. The Labute approximate surface area is 433 Å². The van der Waals surface area contributed by atoms with E-state index in [1.165, 1.54) is 4.90 Å². The SMILES string of the molecule is NCCCCC(NC(=O)C1CCCN1C(=O)C1CSSCC(N)C(=O)NC(CC2CCC(O)CC2)C(=O)NC(CC2CCCCC2)C(=O)NC(CCC(N)=O)C(=O)NC(CC(N)=O)C(=O)N1)C(=O)NCC(N)=O. The van der Waals surface area contributed by atoms with Crippen LogP contribution in [0, 0.1) is 11.8 Å². The van der Waals surface area contributed by atoms with Gasteiger partial charge in [-0.25, -0.2) is 0 Å². The van der Waals surface area contributed by atoms with Gasteiger partial charge in [0, 0.05) is 24.5 Å². The molecular weight excluding hydrogens is 991 g/mol. The summed E-state index contributed by atoms with van der Waals surface area (Å²) in [5, 5.41) is 28.5. The van der Waals surface area contributed by atoms with Crippen molar-refractivity contribution < 1.29 is 57.8 Å². The first-order valence-electron chi connectivity index (χ1n) is 25.4. The molecule has 2 aliphatic heterocycles. The largest absolute Gasteiger partial charge is 0.393 e. The summed E-state index contributed by atoms with van der Waals surface area (Å²) in [6, 6.07) is -10.5. The summed E-state index contributed by atoms with van der Waals surface area (Å²) in [7, 11) is 2.11. The highest BCUT2D eigenvalue weighted by molar-refractivity contribution is 8.76. The Bertz CT molecular complexity index is 1960. The Morgan fingerprint density at radius 3 is 1.85 bits per heavy atom. The Kier molecular flexibility index (Phi) is 25.5. The second-order valence-electron chi connectivity index (χ2n) is 19.5. The number of rotatable bonds is 19. The Hall–Kier alpha value is -5.25. The quantitative estimate of drug-likeness (QED) is 0.0439. The fourth-order valence-electron chi connectivity index (χ4n) is 9.59. The molecule has 8 atom stereocenters. The number of amides is 11. The van der Waals surface area contributed by atoms with Crippen molar-refractivity contribution in [3.05, 3.63) is 0 Å². The van der Waals surface area contributed by atoms with Gasteiger partial charge in [-0.3, -0.25) is 52.7 Å². The van der Waals surface area contributed by atoms with Gasteiger partial charge in [0.15, 0.2) is 0 Å². The van der Waals surface area contributed by atoms with Crippen LogP contribution >= 0.6 is 21.6 Å². The molecule has 11 amide bonds. The summed E-state index contributed by atoms with van der Waals surface area (Å²) >= 11 is 0. The van der Waals surface area contributed by atoms with E-state index in [0.717, 1.165) is 53.7 Å². The lowest BCUT2D eigenvalue weighted by Gasteiger charge is -2.32. The smallest absolute Gasteiger partial charge is 0.246 e. The molecule has 0 aromatic heterocycles. The fraction of sp³-hybridized carbons (Fsp3) is 0.761. The van der Waals surface area contributed by atoms with Gasteiger partial charge < -0.3 is 75.9 Å². The third-order valence-electron chi connectivity index (χ3n) is 13.7. The van der Waals surface area contributed by atoms with Crippen LogP contribution in [0.3, 0.4) is 0 Å². The fourth-order valence-corrected chi connectivity index (χ4v) is 11.9. The van der Waals surface area contributed by atoms with Gasteiger partial charge in [0.25, 0.3) is 0 Å². The van der Waals surface area contributed by atoms with Crippen LogP contribution in [0.25, 0.3) is 0 Å². The van der Waals surface area contributed by atoms with Crippen LogP contribution < -0.4 is 65.9 Å². The number of carbonyl (C=O) groups excluding carboxylic acids is 11. The first-order chi connectivity index (χ1) is 34.8. The third kappa shape index (κ3) is 20.5. The van der Waals surface area contributed by atoms with Crippen LogP contribution in [0.1, 0.15) is 122 Å². The van der Waals surface area contributed by atoms with Gasteiger partial charge in [-0.2, -0.15) is 0 Å². The van der Waals surface area contributed by atoms with Crippen LogP contribution in [0.15, 0.2) is 0 Å². The van der Waals surface area contributed by atoms with Crippen molar-refractivity contribution in [2.45, 2.75) is 176 Å². The number of nitrogens with two attached hydrogens (primary N) is 5. The van der Waals surface area contributed by atoms with Gasteiger partial charge in [-0.05, 0) is 95.4 Å². The number of nitrogens with one attached hydrogen (secondary N) is 7. The molecule has 410 valence electrons. The van der Waals surface area contributed by atoms with E-state index in [1.807, 2.05) is 0 Å². The van der Waals surface area contributed by atoms with Crippen molar-refractivity contribution in [1.29, 1.82) is 0 Å². The predicted octanol–water partition coefficient (Wildman–Crippen LogP) is -3.61. The molecule has 0 bridgehead atoms. The van der Waals surface area contributed by atoms with Gasteiger partial charge in [0.2, 0.25) is 65.0 Å². The molecule has 27 heteroatoms. The Morgan fingerprint density at radius 2 is 1.23 bits per heavy atom. The van der Waals surface area contributed by atoms with Crippen LogP contribution in [0.2, 0.25) is 0 Å². The van der Waals surface area contributed by atoms with E-state index in [0.29, 0.717) is 51.5 Å². The number of aliphatic hydroxyl groups is 1. The average Bonchev–Trinajstić information content (AvgIpc) is 3.85. The van der Waals surface area contributed by atoms with Gasteiger partial charge in [0.1, 0.15) is 42.3 Å². The zero-order valence-corrected chi connectivity index (χ0v) is 43.0. The summed E-state index contributed by atoms with van der Waals surface area (Å²) in [5.74, 6) is -9.28. The van der Waals surface area contributed by atoms with Crippen molar-refractivity contribution in [2.75, 3.05) is 31.1 Å². The lowest BCUT2D eigenvalue weighted by molar-refractivity contribution is -0.142. The zero-order valence-electron chi connectivity index (χ0n) is 41.4. The van der Waals surface area contributed by atoms with Gasteiger partial charge in [0.05, 0.1) is 25.1 Å². The van der Waals surface area contributed by atoms with E-state index in [9.17, 15) is 57.8 Å². The Balaban J connectivity index is 1.68. The van der Waals surface area contributed by atoms with E-state index in [2.05, 4.69) is 37.2 Å². The van der Waals surface area contributed by atoms with Crippen LogP contribution in [-0.2, 0) is 52.7 Å². The maximum absolute atomic E-state index is 14.6. The van der Waals surface area contributed by atoms with Crippen LogP contribution in [-0.4, -0.2) is 161 Å². The standard InChI is InChI=1S/C46H77N13O12S2/c47-17-5-4-9-29(40(65)52-22-38(51)63)54-45(70)35-10-6-18-59(35)46(71)34-24-73-72-23-28(48)39(64)55-31(20-26-11-13-27(60)14-12-26)43(68)56-32(19-25-7-2-1-3-8-25)42(67)53-30(15-16-36(49)61)41(66)57-33(21-37(50)62)44(69)58-34/h25-35,60H,1-24,47-48H2,(H2,49,61)(H2,50,62)(H2,51,63)(H,52,65)(H,53,67)(H,54,70)(H,55,64)(H,56,68)(H,57,66)(H,58,69).